The van der Waals surface area contributed by atoms with Crippen LogP contribution in [0, 0.1) is 0 Å². The van der Waals surface area contributed by atoms with Crippen molar-refractivity contribution in [3.63, 3.8) is 0 Å². The molecule has 0 spiro atoms. The van der Waals surface area contributed by atoms with Crippen molar-refractivity contribution in [3.8, 4) is 5.75 Å². The summed E-state index contributed by atoms with van der Waals surface area (Å²) in [5.74, 6) is 0.302. The molecule has 0 radical (unpaired) electrons. The van der Waals surface area contributed by atoms with Crippen LogP contribution < -0.4 is 5.32 Å². The Hall–Kier alpha value is -1.19. The molecule has 0 aromatic heterocycles. The summed E-state index contributed by atoms with van der Waals surface area (Å²) in [5, 5.41) is 14.1. The number of halogens is 2. The number of nitrogens with one attached hydrogen (secondary N) is 1. The van der Waals surface area contributed by atoms with Crippen LogP contribution in [0.4, 0.5) is 5.69 Å². The first-order valence-electron chi connectivity index (χ1n) is 6.10. The molecular weight excluding hydrogens is 326 g/mol. The van der Waals surface area contributed by atoms with Crippen LogP contribution in [0.15, 0.2) is 46.9 Å². The molecule has 0 heterocycles. The van der Waals surface area contributed by atoms with Crippen LogP contribution in [-0.4, -0.2) is 5.11 Å². The summed E-state index contributed by atoms with van der Waals surface area (Å²) in [6.45, 7) is 2.08. The van der Waals surface area contributed by atoms with E-state index >= 15 is 0 Å². The van der Waals surface area contributed by atoms with E-state index in [-0.39, 0.29) is 6.04 Å². The van der Waals surface area contributed by atoms with Crippen LogP contribution in [0.1, 0.15) is 24.9 Å². The molecule has 0 aliphatic rings. The van der Waals surface area contributed by atoms with Gasteiger partial charge in [0.05, 0.1) is 6.04 Å². The van der Waals surface area contributed by atoms with Gasteiger partial charge in [-0.1, -0.05) is 34.5 Å². The van der Waals surface area contributed by atoms with Crippen LogP contribution in [0.3, 0.4) is 0 Å². The molecule has 2 rings (SSSR count). The molecule has 0 amide bonds. The Balaban J connectivity index is 2.24. The van der Waals surface area contributed by atoms with Gasteiger partial charge in [0.25, 0.3) is 0 Å². The molecule has 19 heavy (non-hydrogen) atoms. The van der Waals surface area contributed by atoms with Gasteiger partial charge in [0, 0.05) is 20.7 Å². The zero-order valence-electron chi connectivity index (χ0n) is 10.5. The number of rotatable bonds is 4. The minimum Gasteiger partial charge on any atom is -0.508 e. The van der Waals surface area contributed by atoms with Gasteiger partial charge in [0.2, 0.25) is 0 Å². The van der Waals surface area contributed by atoms with Crippen LogP contribution in [0.25, 0.3) is 0 Å². The molecule has 1 atom stereocenters. The Kier molecular flexibility index (Phi) is 4.72. The van der Waals surface area contributed by atoms with Gasteiger partial charge < -0.3 is 10.4 Å². The highest BCUT2D eigenvalue weighted by Gasteiger charge is 2.13. The van der Waals surface area contributed by atoms with E-state index in [1.807, 2.05) is 36.4 Å². The number of benzene rings is 2. The Labute approximate surface area is 126 Å². The van der Waals surface area contributed by atoms with Gasteiger partial charge in [0.1, 0.15) is 5.75 Å². The average molecular weight is 341 g/mol. The largest absolute Gasteiger partial charge is 0.508 e. The second-order valence-electron chi connectivity index (χ2n) is 4.32. The molecule has 2 nitrogen and oxygen atoms in total. The molecule has 0 saturated heterocycles. The van der Waals surface area contributed by atoms with E-state index in [2.05, 4.69) is 28.2 Å². The number of phenols is 1. The SMILES string of the molecule is CCC(Nc1ccc(Cl)cc1)c1cc(Br)ccc1O. The summed E-state index contributed by atoms with van der Waals surface area (Å²) in [6, 6.07) is 13.1. The molecule has 1 unspecified atom stereocenters. The lowest BCUT2D eigenvalue weighted by molar-refractivity contribution is 0.462. The average Bonchev–Trinajstić information content (AvgIpc) is 2.41. The van der Waals surface area contributed by atoms with Crippen molar-refractivity contribution < 1.29 is 5.11 Å². The fourth-order valence-electron chi connectivity index (χ4n) is 1.95. The Morgan fingerprint density at radius 3 is 2.53 bits per heavy atom. The zero-order valence-corrected chi connectivity index (χ0v) is 12.9. The monoisotopic (exact) mass is 339 g/mol. The van der Waals surface area contributed by atoms with E-state index in [1.54, 1.807) is 6.07 Å². The molecule has 2 N–H and O–H groups in total. The molecule has 0 aliphatic heterocycles. The van der Waals surface area contributed by atoms with E-state index in [1.165, 1.54) is 0 Å². The van der Waals surface area contributed by atoms with Crippen LogP contribution in [-0.2, 0) is 0 Å². The summed E-state index contributed by atoms with van der Waals surface area (Å²) in [7, 11) is 0. The zero-order chi connectivity index (χ0) is 13.8. The Morgan fingerprint density at radius 1 is 1.21 bits per heavy atom. The fourth-order valence-corrected chi connectivity index (χ4v) is 2.46. The molecule has 0 fully saturated rings. The number of hydrogen-bond donors (Lipinski definition) is 2. The molecule has 0 saturated carbocycles. The highest BCUT2D eigenvalue weighted by Crippen LogP contribution is 2.32. The maximum Gasteiger partial charge on any atom is 0.120 e. The van der Waals surface area contributed by atoms with Gasteiger partial charge >= 0.3 is 0 Å². The van der Waals surface area contributed by atoms with E-state index in [0.29, 0.717) is 10.8 Å². The highest BCUT2D eigenvalue weighted by molar-refractivity contribution is 9.10. The maximum absolute atomic E-state index is 9.98. The lowest BCUT2D eigenvalue weighted by Gasteiger charge is -2.20. The summed E-state index contributed by atoms with van der Waals surface area (Å²) < 4.78 is 0.955. The van der Waals surface area contributed by atoms with Crippen LogP contribution in [0.5, 0.6) is 5.75 Å². The Morgan fingerprint density at radius 2 is 1.89 bits per heavy atom. The number of anilines is 1. The van der Waals surface area contributed by atoms with Crippen molar-refractivity contribution in [2.45, 2.75) is 19.4 Å². The minimum atomic E-state index is 0.0543. The van der Waals surface area contributed by atoms with Crippen molar-refractivity contribution in [2.24, 2.45) is 0 Å². The number of aromatic hydroxyl groups is 1. The lowest BCUT2D eigenvalue weighted by Crippen LogP contribution is -2.09. The van der Waals surface area contributed by atoms with E-state index < -0.39 is 0 Å². The number of hydrogen-bond acceptors (Lipinski definition) is 2. The summed E-state index contributed by atoms with van der Waals surface area (Å²) in [5.41, 5.74) is 1.86. The first kappa shape index (κ1) is 14.2. The smallest absolute Gasteiger partial charge is 0.120 e. The molecule has 0 bridgehead atoms. The predicted octanol–water partition coefficient (Wildman–Crippen LogP) is 5.37. The second-order valence-corrected chi connectivity index (χ2v) is 5.67. The van der Waals surface area contributed by atoms with Gasteiger partial charge in [-0.2, -0.15) is 0 Å². The Bertz CT molecular complexity index is 557. The van der Waals surface area contributed by atoms with Gasteiger partial charge in [-0.25, -0.2) is 0 Å². The highest BCUT2D eigenvalue weighted by atomic mass is 79.9. The van der Waals surface area contributed by atoms with E-state index in [0.717, 1.165) is 22.1 Å². The van der Waals surface area contributed by atoms with Gasteiger partial charge in [-0.15, -0.1) is 0 Å². The van der Waals surface area contributed by atoms with Gasteiger partial charge in [-0.05, 0) is 48.9 Å². The molecule has 2 aromatic rings. The summed E-state index contributed by atoms with van der Waals surface area (Å²) in [6.07, 6.45) is 0.868. The van der Waals surface area contributed by atoms with E-state index in [4.69, 9.17) is 11.6 Å². The fraction of sp³-hybridized carbons (Fsp3) is 0.200. The predicted molar refractivity (Wildman–Crippen MR) is 83.9 cm³/mol. The minimum absolute atomic E-state index is 0.0543. The topological polar surface area (TPSA) is 32.3 Å². The van der Waals surface area contributed by atoms with Gasteiger partial charge in [0.15, 0.2) is 0 Å². The van der Waals surface area contributed by atoms with Crippen molar-refractivity contribution in [2.75, 3.05) is 5.32 Å². The molecule has 2 aromatic carbocycles. The van der Waals surface area contributed by atoms with Crippen LogP contribution in [0.2, 0.25) is 5.02 Å². The molecular formula is C15H15BrClNO. The van der Waals surface area contributed by atoms with Gasteiger partial charge in [-0.3, -0.25) is 0 Å². The molecule has 100 valence electrons. The molecule has 4 heteroatoms. The standard InChI is InChI=1S/C15H15BrClNO/c1-2-14(13-9-10(16)3-8-15(13)19)18-12-6-4-11(17)5-7-12/h3-9,14,18-19H,2H2,1H3. The summed E-state index contributed by atoms with van der Waals surface area (Å²) >= 11 is 9.30. The normalized spacial score (nSPS) is 12.2. The van der Waals surface area contributed by atoms with Crippen LogP contribution >= 0.6 is 27.5 Å². The van der Waals surface area contributed by atoms with E-state index in [9.17, 15) is 5.11 Å². The van der Waals surface area contributed by atoms with Crippen molar-refractivity contribution in [3.05, 3.63) is 57.5 Å². The number of phenolic OH excluding ortho intramolecular Hbond substituents is 1. The summed E-state index contributed by atoms with van der Waals surface area (Å²) in [4.78, 5) is 0. The van der Waals surface area contributed by atoms with Crippen molar-refractivity contribution in [1.29, 1.82) is 0 Å². The second kappa shape index (κ2) is 6.31. The maximum atomic E-state index is 9.98. The first-order valence-corrected chi connectivity index (χ1v) is 7.27. The van der Waals surface area contributed by atoms with Crippen molar-refractivity contribution >= 4 is 33.2 Å². The third kappa shape index (κ3) is 3.64. The lowest BCUT2D eigenvalue weighted by atomic mass is 10.0. The van der Waals surface area contributed by atoms with Crippen molar-refractivity contribution in [1.82, 2.24) is 0 Å². The quantitative estimate of drug-likeness (QED) is 0.784. The molecule has 0 aliphatic carbocycles. The third-order valence-electron chi connectivity index (χ3n) is 2.96. The first-order chi connectivity index (χ1) is 9.10. The third-order valence-corrected chi connectivity index (χ3v) is 3.70.